The van der Waals surface area contributed by atoms with Crippen LogP contribution in [0.1, 0.15) is 42.5 Å². The van der Waals surface area contributed by atoms with Gasteiger partial charge in [0, 0.05) is 25.2 Å². The van der Waals surface area contributed by atoms with Crippen LogP contribution >= 0.6 is 23.2 Å². The highest BCUT2D eigenvalue weighted by Crippen LogP contribution is 2.26. The highest BCUT2D eigenvalue weighted by Gasteiger charge is 2.29. The number of aliphatic carboxylic acids is 1. The lowest BCUT2D eigenvalue weighted by molar-refractivity contribution is -0.137. The normalized spacial score (nSPS) is 18.6. The summed E-state index contributed by atoms with van der Waals surface area (Å²) in [4.78, 5) is 28.9. The number of piperidine rings is 1. The molecule has 0 radical (unpaired) electrons. The van der Waals surface area contributed by atoms with Gasteiger partial charge in [-0.3, -0.25) is 9.59 Å². The van der Waals surface area contributed by atoms with E-state index in [1.54, 1.807) is 4.90 Å². The van der Waals surface area contributed by atoms with Gasteiger partial charge in [0.05, 0.1) is 10.6 Å². The topological polar surface area (TPSA) is 70.5 Å². The van der Waals surface area contributed by atoms with Crippen molar-refractivity contribution in [2.75, 3.05) is 6.54 Å². The lowest BCUT2D eigenvalue weighted by Crippen LogP contribution is -2.44. The van der Waals surface area contributed by atoms with Crippen molar-refractivity contribution >= 4 is 35.1 Å². The zero-order chi connectivity index (χ0) is 15.4. The fourth-order valence-electron chi connectivity index (χ4n) is 2.59. The molecule has 1 amide bonds. The lowest BCUT2D eigenvalue weighted by Gasteiger charge is -2.36. The third-order valence-corrected chi connectivity index (χ3v) is 4.14. The summed E-state index contributed by atoms with van der Waals surface area (Å²) in [6.45, 7) is 0.611. The van der Waals surface area contributed by atoms with Crippen molar-refractivity contribution in [3.8, 4) is 0 Å². The Balaban J connectivity index is 2.18. The van der Waals surface area contributed by atoms with Gasteiger partial charge in [0.1, 0.15) is 5.15 Å². The number of halogens is 2. The molecule has 5 nitrogen and oxygen atoms in total. The molecule has 7 heteroatoms. The van der Waals surface area contributed by atoms with E-state index in [0.29, 0.717) is 18.5 Å². The number of carbonyl (C=O) groups is 2. The Morgan fingerprint density at radius 1 is 1.38 bits per heavy atom. The molecular formula is C14H16Cl2N2O3. The largest absolute Gasteiger partial charge is 0.481 e. The summed E-state index contributed by atoms with van der Waals surface area (Å²) in [5.41, 5.74) is 0.318. The van der Waals surface area contributed by atoms with Crippen molar-refractivity contribution in [1.82, 2.24) is 9.88 Å². The number of hydrogen-bond acceptors (Lipinski definition) is 3. The summed E-state index contributed by atoms with van der Waals surface area (Å²) in [5.74, 6) is -1.06. The van der Waals surface area contributed by atoms with Gasteiger partial charge in [-0.1, -0.05) is 23.2 Å². The molecule has 1 aliphatic heterocycles. The fourth-order valence-corrected chi connectivity index (χ4v) is 2.93. The second-order valence-electron chi connectivity index (χ2n) is 5.07. The second-order valence-corrected chi connectivity index (χ2v) is 5.86. The van der Waals surface area contributed by atoms with Crippen LogP contribution in [0, 0.1) is 0 Å². The first-order valence-electron chi connectivity index (χ1n) is 6.83. The van der Waals surface area contributed by atoms with Gasteiger partial charge in [0.15, 0.2) is 0 Å². The van der Waals surface area contributed by atoms with E-state index in [1.165, 1.54) is 12.3 Å². The SMILES string of the molecule is O=C(O)CCC1CCCCN1C(=O)c1cc(Cl)ncc1Cl. The standard InChI is InChI=1S/C14H16Cl2N2O3/c15-11-8-17-12(16)7-10(11)14(21)18-6-2-1-3-9(18)4-5-13(19)20/h7-9H,1-6H2,(H,19,20). The molecule has 1 N–H and O–H groups in total. The Hall–Kier alpha value is -1.33. The average molecular weight is 331 g/mol. The van der Waals surface area contributed by atoms with Crippen LogP contribution in [-0.4, -0.2) is 39.5 Å². The van der Waals surface area contributed by atoms with Crippen LogP contribution in [0.5, 0.6) is 0 Å². The van der Waals surface area contributed by atoms with Crippen LogP contribution in [0.4, 0.5) is 0 Å². The number of amides is 1. The zero-order valence-corrected chi connectivity index (χ0v) is 12.9. The first kappa shape index (κ1) is 16.0. The first-order chi connectivity index (χ1) is 9.99. The third-order valence-electron chi connectivity index (χ3n) is 3.63. The van der Waals surface area contributed by atoms with E-state index in [4.69, 9.17) is 28.3 Å². The molecule has 2 rings (SSSR count). The molecule has 1 aliphatic rings. The number of nitrogens with zero attached hydrogens (tertiary/aromatic N) is 2. The monoisotopic (exact) mass is 330 g/mol. The molecule has 2 heterocycles. The first-order valence-corrected chi connectivity index (χ1v) is 7.58. The predicted octanol–water partition coefficient (Wildman–Crippen LogP) is 3.25. The minimum Gasteiger partial charge on any atom is -0.481 e. The Morgan fingerprint density at radius 3 is 2.86 bits per heavy atom. The minimum absolute atomic E-state index is 0.0548. The number of pyridine rings is 1. The Kier molecular flexibility index (Phi) is 5.42. The van der Waals surface area contributed by atoms with Gasteiger partial charge in [-0.2, -0.15) is 0 Å². The van der Waals surface area contributed by atoms with E-state index >= 15 is 0 Å². The van der Waals surface area contributed by atoms with Gasteiger partial charge in [0.25, 0.3) is 5.91 Å². The second kappa shape index (κ2) is 7.09. The van der Waals surface area contributed by atoms with Crippen LogP contribution in [-0.2, 0) is 4.79 Å². The molecule has 1 saturated heterocycles. The van der Waals surface area contributed by atoms with Crippen molar-refractivity contribution in [2.45, 2.75) is 38.1 Å². The van der Waals surface area contributed by atoms with Crippen LogP contribution in [0.25, 0.3) is 0 Å². The number of carboxylic acid groups (broad SMARTS) is 1. The van der Waals surface area contributed by atoms with Crippen molar-refractivity contribution in [3.63, 3.8) is 0 Å². The summed E-state index contributed by atoms with van der Waals surface area (Å²) in [6, 6.07) is 1.39. The van der Waals surface area contributed by atoms with Crippen LogP contribution in [0.15, 0.2) is 12.3 Å². The maximum atomic E-state index is 12.6. The molecule has 0 saturated carbocycles. The molecule has 114 valence electrons. The fraction of sp³-hybridized carbons (Fsp3) is 0.500. The van der Waals surface area contributed by atoms with E-state index in [2.05, 4.69) is 4.98 Å². The van der Waals surface area contributed by atoms with Gasteiger partial charge in [-0.15, -0.1) is 0 Å². The highest BCUT2D eigenvalue weighted by molar-refractivity contribution is 6.35. The Morgan fingerprint density at radius 2 is 2.14 bits per heavy atom. The minimum atomic E-state index is -0.849. The quantitative estimate of drug-likeness (QED) is 0.860. The highest BCUT2D eigenvalue weighted by atomic mass is 35.5. The van der Waals surface area contributed by atoms with E-state index in [1.807, 2.05) is 0 Å². The Bertz CT molecular complexity index is 551. The van der Waals surface area contributed by atoms with Crippen molar-refractivity contribution in [3.05, 3.63) is 28.0 Å². The molecule has 0 spiro atoms. The van der Waals surface area contributed by atoms with Crippen LogP contribution in [0.3, 0.4) is 0 Å². The number of hydrogen-bond donors (Lipinski definition) is 1. The lowest BCUT2D eigenvalue weighted by atomic mass is 9.97. The molecule has 1 aromatic rings. The van der Waals surface area contributed by atoms with Crippen molar-refractivity contribution in [2.24, 2.45) is 0 Å². The van der Waals surface area contributed by atoms with Gasteiger partial charge < -0.3 is 10.0 Å². The molecule has 0 aliphatic carbocycles. The van der Waals surface area contributed by atoms with E-state index in [-0.39, 0.29) is 28.5 Å². The van der Waals surface area contributed by atoms with Gasteiger partial charge in [0.2, 0.25) is 0 Å². The van der Waals surface area contributed by atoms with Crippen molar-refractivity contribution in [1.29, 1.82) is 0 Å². The summed E-state index contributed by atoms with van der Waals surface area (Å²) in [5, 5.41) is 9.28. The maximum absolute atomic E-state index is 12.6. The Labute approximate surface area is 132 Å². The summed E-state index contributed by atoms with van der Waals surface area (Å²) in [6.07, 6.45) is 4.59. The molecule has 1 aromatic heterocycles. The molecule has 21 heavy (non-hydrogen) atoms. The van der Waals surface area contributed by atoms with Crippen LogP contribution < -0.4 is 0 Å². The molecule has 1 fully saturated rings. The molecule has 0 bridgehead atoms. The zero-order valence-electron chi connectivity index (χ0n) is 11.4. The molecule has 1 atom stereocenters. The number of carbonyl (C=O) groups excluding carboxylic acids is 1. The van der Waals surface area contributed by atoms with E-state index < -0.39 is 5.97 Å². The molecular weight excluding hydrogens is 315 g/mol. The third kappa shape index (κ3) is 4.08. The summed E-state index contributed by atoms with van der Waals surface area (Å²) in [7, 11) is 0. The van der Waals surface area contributed by atoms with Gasteiger partial charge >= 0.3 is 5.97 Å². The van der Waals surface area contributed by atoms with Gasteiger partial charge in [-0.05, 0) is 31.7 Å². The maximum Gasteiger partial charge on any atom is 0.303 e. The number of likely N-dealkylation sites (tertiary alicyclic amines) is 1. The number of aromatic nitrogens is 1. The number of carboxylic acids is 1. The van der Waals surface area contributed by atoms with Gasteiger partial charge in [-0.25, -0.2) is 4.98 Å². The molecule has 0 aromatic carbocycles. The predicted molar refractivity (Wildman–Crippen MR) is 79.8 cm³/mol. The van der Waals surface area contributed by atoms with Crippen LogP contribution in [0.2, 0.25) is 10.2 Å². The summed E-state index contributed by atoms with van der Waals surface area (Å²) >= 11 is 11.8. The smallest absolute Gasteiger partial charge is 0.303 e. The average Bonchev–Trinajstić information content (AvgIpc) is 2.47. The number of rotatable bonds is 4. The van der Waals surface area contributed by atoms with E-state index in [9.17, 15) is 9.59 Å². The molecule has 1 unspecified atom stereocenters. The van der Waals surface area contributed by atoms with Crippen molar-refractivity contribution < 1.29 is 14.7 Å². The van der Waals surface area contributed by atoms with E-state index in [0.717, 1.165) is 19.3 Å². The summed E-state index contributed by atoms with van der Waals surface area (Å²) < 4.78 is 0.